The van der Waals surface area contributed by atoms with Crippen LogP contribution in [0.1, 0.15) is 32.1 Å². The molecule has 0 aromatic heterocycles. The van der Waals surface area contributed by atoms with Gasteiger partial charge in [0.05, 0.1) is 13.0 Å². The van der Waals surface area contributed by atoms with E-state index in [1.165, 1.54) is 11.8 Å². The van der Waals surface area contributed by atoms with E-state index in [0.717, 1.165) is 0 Å². The lowest BCUT2D eigenvalue weighted by molar-refractivity contribution is -0.147. The Balaban J connectivity index is 5.43. The van der Waals surface area contributed by atoms with E-state index in [0.29, 0.717) is 25.1 Å². The minimum Gasteiger partial charge on any atom is -0.481 e. The molecule has 0 rings (SSSR count). The van der Waals surface area contributed by atoms with Crippen LogP contribution in [0.3, 0.4) is 0 Å². The molecule has 0 radical (unpaired) electrons. The number of thioether (sulfide) groups is 1. The van der Waals surface area contributed by atoms with E-state index in [1.54, 1.807) is 6.26 Å². The molecule has 14 heteroatoms. The third-order valence-electron chi connectivity index (χ3n) is 4.35. The van der Waals surface area contributed by atoms with Gasteiger partial charge in [0.15, 0.2) is 0 Å². The molecule has 3 amide bonds. The highest BCUT2D eigenvalue weighted by Gasteiger charge is 2.30. The first-order valence-corrected chi connectivity index (χ1v) is 11.4. The number of amides is 3. The van der Waals surface area contributed by atoms with Crippen LogP contribution in [0.25, 0.3) is 0 Å². The molecule has 0 aliphatic rings. The molecule has 0 aliphatic heterocycles. The zero-order chi connectivity index (χ0) is 24.7. The van der Waals surface area contributed by atoms with Crippen molar-refractivity contribution in [3.63, 3.8) is 0 Å². The summed E-state index contributed by atoms with van der Waals surface area (Å²) in [7, 11) is 0. The smallest absolute Gasteiger partial charge is 0.326 e. The molecule has 0 saturated heterocycles. The van der Waals surface area contributed by atoms with Crippen LogP contribution < -0.4 is 27.4 Å². The quantitative estimate of drug-likeness (QED) is 0.0992. The summed E-state index contributed by atoms with van der Waals surface area (Å²) in [6.07, 6.45) is 2.26. The van der Waals surface area contributed by atoms with Gasteiger partial charge < -0.3 is 42.7 Å². The molecule has 0 heterocycles. The number of carbonyl (C=O) groups is 5. The predicted molar refractivity (Wildman–Crippen MR) is 117 cm³/mol. The summed E-state index contributed by atoms with van der Waals surface area (Å²) in [5, 5.41) is 34.0. The third kappa shape index (κ3) is 11.8. The minimum atomic E-state index is -1.68. The van der Waals surface area contributed by atoms with Gasteiger partial charge in [-0.3, -0.25) is 19.2 Å². The van der Waals surface area contributed by atoms with Gasteiger partial charge in [-0.15, -0.1) is 0 Å². The third-order valence-corrected chi connectivity index (χ3v) is 4.99. The number of carboxylic acids is 2. The molecule has 4 unspecified atom stereocenters. The second-order valence-electron chi connectivity index (χ2n) is 6.97. The zero-order valence-electron chi connectivity index (χ0n) is 17.9. The molecule has 0 spiro atoms. The SMILES string of the molecule is CSCCC(NC(=O)C(N)CO)C(=O)NC(CCCCN)C(=O)NC(CC(=O)O)C(=O)O. The van der Waals surface area contributed by atoms with Crippen molar-refractivity contribution in [2.24, 2.45) is 11.5 Å². The van der Waals surface area contributed by atoms with E-state index < -0.39 is 66.9 Å². The summed E-state index contributed by atoms with van der Waals surface area (Å²) in [5.41, 5.74) is 10.9. The lowest BCUT2D eigenvalue weighted by atomic mass is 10.1. The molecule has 0 aromatic rings. The van der Waals surface area contributed by atoms with Gasteiger partial charge in [0, 0.05) is 0 Å². The average Bonchev–Trinajstić information content (AvgIpc) is 2.73. The molecule has 10 N–H and O–H groups in total. The minimum absolute atomic E-state index is 0.119. The standard InChI is InChI=1S/C18H33N5O8S/c1-32-7-5-12(21-15(27)10(20)9-24)17(29)22-11(4-2-3-6-19)16(28)23-13(18(30)31)8-14(25)26/h10-13,24H,2-9,19-20H2,1H3,(H,21,27)(H,22,29)(H,23,28)(H,25,26)(H,30,31). The second kappa shape index (κ2) is 16.2. The van der Waals surface area contributed by atoms with Gasteiger partial charge in [-0.05, 0) is 44.2 Å². The maximum atomic E-state index is 12.8. The van der Waals surface area contributed by atoms with Crippen LogP contribution in [0.4, 0.5) is 0 Å². The molecule has 13 nitrogen and oxygen atoms in total. The van der Waals surface area contributed by atoms with Gasteiger partial charge in [-0.25, -0.2) is 4.79 Å². The monoisotopic (exact) mass is 479 g/mol. The fourth-order valence-electron chi connectivity index (χ4n) is 2.55. The molecular weight excluding hydrogens is 446 g/mol. The molecule has 0 saturated carbocycles. The Kier molecular flexibility index (Phi) is 15.0. The molecule has 32 heavy (non-hydrogen) atoms. The second-order valence-corrected chi connectivity index (χ2v) is 7.96. The van der Waals surface area contributed by atoms with E-state index in [-0.39, 0.29) is 12.8 Å². The fourth-order valence-corrected chi connectivity index (χ4v) is 3.02. The Morgan fingerprint density at radius 2 is 1.41 bits per heavy atom. The lowest BCUT2D eigenvalue weighted by Crippen LogP contribution is -2.57. The van der Waals surface area contributed by atoms with Crippen LogP contribution >= 0.6 is 11.8 Å². The first-order valence-electron chi connectivity index (χ1n) is 9.98. The highest BCUT2D eigenvalue weighted by atomic mass is 32.2. The van der Waals surface area contributed by atoms with E-state index in [9.17, 15) is 24.0 Å². The number of aliphatic carboxylic acids is 2. The Morgan fingerprint density at radius 3 is 1.88 bits per heavy atom. The number of aliphatic hydroxyl groups is 1. The van der Waals surface area contributed by atoms with Crippen molar-refractivity contribution in [2.75, 3.05) is 25.2 Å². The first kappa shape index (κ1) is 29.6. The summed E-state index contributed by atoms with van der Waals surface area (Å²) < 4.78 is 0. The Hall–Kier alpha value is -2.42. The van der Waals surface area contributed by atoms with Gasteiger partial charge in [0.2, 0.25) is 17.7 Å². The van der Waals surface area contributed by atoms with E-state index in [4.69, 9.17) is 26.8 Å². The molecule has 0 aliphatic carbocycles. The average molecular weight is 480 g/mol. The summed E-state index contributed by atoms with van der Waals surface area (Å²) >= 11 is 1.42. The largest absolute Gasteiger partial charge is 0.481 e. The van der Waals surface area contributed by atoms with Crippen LogP contribution in [-0.2, 0) is 24.0 Å². The Morgan fingerprint density at radius 1 is 0.875 bits per heavy atom. The molecule has 0 aromatic carbocycles. The normalized spacial score (nSPS) is 14.5. The van der Waals surface area contributed by atoms with Gasteiger partial charge in [0.1, 0.15) is 24.2 Å². The van der Waals surface area contributed by atoms with Crippen molar-refractivity contribution >= 4 is 41.4 Å². The molecule has 0 bridgehead atoms. The first-order chi connectivity index (χ1) is 15.1. The van der Waals surface area contributed by atoms with Crippen molar-refractivity contribution in [3.05, 3.63) is 0 Å². The van der Waals surface area contributed by atoms with Crippen LogP contribution in [0.2, 0.25) is 0 Å². The number of carboxylic acid groups (broad SMARTS) is 2. The molecule has 0 fully saturated rings. The van der Waals surface area contributed by atoms with Crippen LogP contribution in [-0.4, -0.2) is 94.3 Å². The van der Waals surface area contributed by atoms with Crippen molar-refractivity contribution < 1.29 is 39.3 Å². The summed E-state index contributed by atoms with van der Waals surface area (Å²) in [6.45, 7) is -0.280. The van der Waals surface area contributed by atoms with Gasteiger partial charge in [-0.1, -0.05) is 0 Å². The van der Waals surface area contributed by atoms with Crippen molar-refractivity contribution in [3.8, 4) is 0 Å². The lowest BCUT2D eigenvalue weighted by Gasteiger charge is -2.25. The van der Waals surface area contributed by atoms with Crippen molar-refractivity contribution in [1.82, 2.24) is 16.0 Å². The van der Waals surface area contributed by atoms with E-state index in [1.807, 2.05) is 0 Å². The van der Waals surface area contributed by atoms with Crippen LogP contribution in [0.5, 0.6) is 0 Å². The highest BCUT2D eigenvalue weighted by Crippen LogP contribution is 2.06. The maximum Gasteiger partial charge on any atom is 0.326 e. The number of nitrogens with one attached hydrogen (secondary N) is 3. The highest BCUT2D eigenvalue weighted by molar-refractivity contribution is 7.98. The van der Waals surface area contributed by atoms with Gasteiger partial charge in [0.25, 0.3) is 0 Å². The Bertz CT molecular complexity index is 651. The molecular formula is C18H33N5O8S. The topological polar surface area (TPSA) is 234 Å². The van der Waals surface area contributed by atoms with E-state index >= 15 is 0 Å². The van der Waals surface area contributed by atoms with Crippen LogP contribution in [0.15, 0.2) is 0 Å². The number of unbranched alkanes of at least 4 members (excludes halogenated alkanes) is 1. The van der Waals surface area contributed by atoms with Crippen LogP contribution in [0, 0.1) is 0 Å². The number of hydrogen-bond donors (Lipinski definition) is 8. The van der Waals surface area contributed by atoms with E-state index in [2.05, 4.69) is 16.0 Å². The van der Waals surface area contributed by atoms with Gasteiger partial charge >= 0.3 is 11.9 Å². The number of aliphatic hydroxyl groups excluding tert-OH is 1. The Labute approximate surface area is 190 Å². The summed E-state index contributed by atoms with van der Waals surface area (Å²) in [5.74, 6) is -4.76. The van der Waals surface area contributed by atoms with Crippen molar-refractivity contribution in [1.29, 1.82) is 0 Å². The van der Waals surface area contributed by atoms with Crippen molar-refractivity contribution in [2.45, 2.75) is 56.3 Å². The molecule has 4 atom stereocenters. The molecule has 184 valence electrons. The predicted octanol–water partition coefficient (Wildman–Crippen LogP) is -2.80. The number of carbonyl (C=O) groups excluding carboxylic acids is 3. The number of rotatable bonds is 17. The summed E-state index contributed by atoms with van der Waals surface area (Å²) in [6, 6.07) is -5.13. The van der Waals surface area contributed by atoms with Gasteiger partial charge in [-0.2, -0.15) is 11.8 Å². The maximum absolute atomic E-state index is 12.8. The number of hydrogen-bond acceptors (Lipinski definition) is 9. The zero-order valence-corrected chi connectivity index (χ0v) is 18.7. The number of nitrogens with two attached hydrogens (primary N) is 2. The summed E-state index contributed by atoms with van der Waals surface area (Å²) in [4.78, 5) is 59.5. The fraction of sp³-hybridized carbons (Fsp3) is 0.722.